The van der Waals surface area contributed by atoms with E-state index in [-0.39, 0.29) is 5.41 Å². The fourth-order valence-corrected chi connectivity index (χ4v) is 9.62. The average Bonchev–Trinajstić information content (AvgIpc) is 3.58. The molecule has 0 fully saturated rings. The predicted molar refractivity (Wildman–Crippen MR) is 191 cm³/mol. The molecular formula is C43H28NP. The van der Waals surface area contributed by atoms with Gasteiger partial charge in [-0.25, -0.2) is 0 Å². The fraction of sp³-hybridized carbons (Fsp3) is 0.0233. The zero-order chi connectivity index (χ0) is 29.5. The van der Waals surface area contributed by atoms with Crippen LogP contribution in [0, 0.1) is 0 Å². The van der Waals surface area contributed by atoms with Crippen molar-refractivity contribution < 1.29 is 0 Å². The van der Waals surface area contributed by atoms with Gasteiger partial charge >= 0.3 is 0 Å². The van der Waals surface area contributed by atoms with Crippen molar-refractivity contribution in [3.63, 3.8) is 0 Å². The summed E-state index contributed by atoms with van der Waals surface area (Å²) in [6.07, 6.45) is 0. The largest absolute Gasteiger partial charge is 0.309 e. The molecule has 0 radical (unpaired) electrons. The van der Waals surface area contributed by atoms with Crippen molar-refractivity contribution in [2.75, 3.05) is 0 Å². The van der Waals surface area contributed by atoms with Gasteiger partial charge in [-0.05, 0) is 85.4 Å². The van der Waals surface area contributed by atoms with E-state index in [1.165, 1.54) is 82.6 Å². The summed E-state index contributed by atoms with van der Waals surface area (Å²) in [5.41, 5.74) is 14.0. The first-order valence-corrected chi connectivity index (χ1v) is 16.6. The highest BCUT2D eigenvalue weighted by molar-refractivity contribution is 7.56. The van der Waals surface area contributed by atoms with Crippen molar-refractivity contribution in [1.82, 2.24) is 4.57 Å². The van der Waals surface area contributed by atoms with Crippen LogP contribution < -0.4 is 10.6 Å². The summed E-state index contributed by atoms with van der Waals surface area (Å²) in [5.74, 6) is 0. The molecule has 7 aromatic carbocycles. The molecule has 0 atom stereocenters. The number of aromatic nitrogens is 1. The molecule has 0 bridgehead atoms. The molecule has 8 aromatic rings. The van der Waals surface area contributed by atoms with Crippen LogP contribution in [-0.2, 0) is 5.41 Å². The lowest BCUT2D eigenvalue weighted by Crippen LogP contribution is -2.40. The molecule has 1 aliphatic carbocycles. The number of nitrogens with zero attached hydrogens (tertiary/aromatic N) is 1. The number of fused-ring (bicyclic) bond motifs is 12. The maximum absolute atomic E-state index is 2.53. The minimum Gasteiger partial charge on any atom is -0.309 e. The molecule has 0 N–H and O–H groups in total. The van der Waals surface area contributed by atoms with E-state index in [1.807, 2.05) is 0 Å². The van der Waals surface area contributed by atoms with E-state index in [2.05, 4.69) is 168 Å². The third-order valence-electron chi connectivity index (χ3n) is 10.0. The van der Waals surface area contributed by atoms with Gasteiger partial charge in [0.1, 0.15) is 0 Å². The van der Waals surface area contributed by atoms with Gasteiger partial charge in [-0.3, -0.25) is 0 Å². The minimum absolute atomic E-state index is 0.364. The Morgan fingerprint density at radius 3 is 1.76 bits per heavy atom. The zero-order valence-electron chi connectivity index (χ0n) is 24.5. The Bertz CT molecular complexity index is 2400. The fourth-order valence-electron chi connectivity index (χ4n) is 8.16. The summed E-state index contributed by atoms with van der Waals surface area (Å²) in [7, 11) is 0.649. The number of benzene rings is 7. The van der Waals surface area contributed by atoms with Gasteiger partial charge in [0.25, 0.3) is 0 Å². The quantitative estimate of drug-likeness (QED) is 0.177. The standard InChI is InChI=1S/C43H28NP/c1-2-12-28(13-3-1)29-22-24-30(25-23-29)44-39-19-9-5-15-32(39)34-26-33-31-14-4-6-16-35(31)43(38(33)27-40(34)44)36-17-7-10-20-41(36)45-42-21-11-8-18-37(42)43/h1-27,45H. The second kappa shape index (κ2) is 9.38. The number of hydrogen-bond acceptors (Lipinski definition) is 0. The molecule has 0 unspecified atom stereocenters. The van der Waals surface area contributed by atoms with E-state index < -0.39 is 0 Å². The minimum atomic E-state index is -0.364. The molecule has 45 heavy (non-hydrogen) atoms. The van der Waals surface area contributed by atoms with E-state index in [4.69, 9.17) is 0 Å². The number of hydrogen-bond donors (Lipinski definition) is 0. The van der Waals surface area contributed by atoms with Crippen LogP contribution in [0.1, 0.15) is 22.3 Å². The van der Waals surface area contributed by atoms with Crippen molar-refractivity contribution in [2.45, 2.75) is 5.41 Å². The van der Waals surface area contributed by atoms with Crippen LogP contribution in [0.5, 0.6) is 0 Å². The van der Waals surface area contributed by atoms with Gasteiger partial charge in [-0.2, -0.15) is 0 Å². The molecule has 210 valence electrons. The maximum atomic E-state index is 2.53. The molecular weight excluding hydrogens is 561 g/mol. The summed E-state index contributed by atoms with van der Waals surface area (Å²) < 4.78 is 2.47. The third-order valence-corrected chi connectivity index (χ3v) is 11.4. The van der Waals surface area contributed by atoms with Crippen LogP contribution in [0.25, 0.3) is 49.7 Å². The van der Waals surface area contributed by atoms with Crippen LogP contribution in [-0.4, -0.2) is 4.57 Å². The highest BCUT2D eigenvalue weighted by Gasteiger charge is 2.50. The van der Waals surface area contributed by atoms with Crippen molar-refractivity contribution >= 4 is 41.0 Å². The highest BCUT2D eigenvalue weighted by atomic mass is 31.1. The summed E-state index contributed by atoms with van der Waals surface area (Å²) in [6, 6.07) is 61.0. The van der Waals surface area contributed by atoms with Gasteiger partial charge in [-0.15, -0.1) is 0 Å². The van der Waals surface area contributed by atoms with Crippen LogP contribution in [0.3, 0.4) is 0 Å². The Kier molecular flexibility index (Phi) is 5.24. The second-order valence-corrected chi connectivity index (χ2v) is 13.5. The normalized spacial score (nSPS) is 16.5. The molecule has 1 aliphatic heterocycles. The van der Waals surface area contributed by atoms with Crippen molar-refractivity contribution in [3.8, 4) is 27.9 Å². The Hall–Kier alpha value is -5.23. The average molecular weight is 590 g/mol. The first-order valence-electron chi connectivity index (χ1n) is 15.6. The summed E-state index contributed by atoms with van der Waals surface area (Å²) in [4.78, 5) is 0. The molecule has 1 aromatic heterocycles. The molecule has 10 rings (SSSR count). The Labute approximate surface area is 264 Å². The van der Waals surface area contributed by atoms with Gasteiger partial charge in [0.2, 0.25) is 0 Å². The zero-order valence-corrected chi connectivity index (χ0v) is 25.5. The summed E-state index contributed by atoms with van der Waals surface area (Å²) in [5, 5.41) is 5.46. The molecule has 0 saturated heterocycles. The SMILES string of the molecule is c1ccc(-c2ccc(-n3c4ccccc4c4cc5c(cc43)C3(c4ccccc4Pc4ccccc43)c3ccccc3-5)cc2)cc1. The highest BCUT2D eigenvalue weighted by Crippen LogP contribution is 2.58. The smallest absolute Gasteiger partial charge is 0.0726 e. The van der Waals surface area contributed by atoms with Crippen LogP contribution >= 0.6 is 8.58 Å². The Morgan fingerprint density at radius 2 is 1.00 bits per heavy atom. The van der Waals surface area contributed by atoms with Gasteiger partial charge in [0.15, 0.2) is 0 Å². The molecule has 2 heterocycles. The summed E-state index contributed by atoms with van der Waals surface area (Å²) in [6.45, 7) is 0. The molecule has 1 spiro atoms. The topological polar surface area (TPSA) is 4.93 Å². The van der Waals surface area contributed by atoms with Crippen molar-refractivity contribution in [1.29, 1.82) is 0 Å². The molecule has 2 heteroatoms. The van der Waals surface area contributed by atoms with E-state index in [0.29, 0.717) is 8.58 Å². The maximum Gasteiger partial charge on any atom is 0.0726 e. The molecule has 1 nitrogen and oxygen atoms in total. The molecule has 0 amide bonds. The molecule has 2 aliphatic rings. The van der Waals surface area contributed by atoms with Crippen LogP contribution in [0.4, 0.5) is 0 Å². The van der Waals surface area contributed by atoms with E-state index >= 15 is 0 Å². The lowest BCUT2D eigenvalue weighted by molar-refractivity contribution is 0.778. The second-order valence-electron chi connectivity index (χ2n) is 12.2. The molecule has 0 saturated carbocycles. The Morgan fingerprint density at radius 1 is 0.400 bits per heavy atom. The third kappa shape index (κ3) is 3.37. The lowest BCUT2D eigenvalue weighted by Gasteiger charge is -2.40. The van der Waals surface area contributed by atoms with Gasteiger partial charge in [-0.1, -0.05) is 142 Å². The van der Waals surface area contributed by atoms with Crippen molar-refractivity contribution in [3.05, 3.63) is 186 Å². The Balaban J connectivity index is 1.31. The van der Waals surface area contributed by atoms with Crippen molar-refractivity contribution in [2.24, 2.45) is 0 Å². The monoisotopic (exact) mass is 589 g/mol. The van der Waals surface area contributed by atoms with Crippen LogP contribution in [0.2, 0.25) is 0 Å². The van der Waals surface area contributed by atoms with Crippen LogP contribution in [0.15, 0.2) is 164 Å². The van der Waals surface area contributed by atoms with E-state index in [9.17, 15) is 0 Å². The summed E-state index contributed by atoms with van der Waals surface area (Å²) >= 11 is 0. The van der Waals surface area contributed by atoms with E-state index in [1.54, 1.807) is 0 Å². The number of rotatable bonds is 2. The van der Waals surface area contributed by atoms with Gasteiger partial charge in [0.05, 0.1) is 16.4 Å². The first-order chi connectivity index (χ1) is 22.3. The van der Waals surface area contributed by atoms with E-state index in [0.717, 1.165) is 0 Å². The van der Waals surface area contributed by atoms with Gasteiger partial charge < -0.3 is 4.57 Å². The first kappa shape index (κ1) is 25.1. The predicted octanol–water partition coefficient (Wildman–Crippen LogP) is 9.76. The lowest BCUT2D eigenvalue weighted by atomic mass is 9.67. The number of para-hydroxylation sites is 1. The van der Waals surface area contributed by atoms with Gasteiger partial charge in [0, 0.05) is 16.5 Å².